The third-order valence-electron chi connectivity index (χ3n) is 2.70. The average molecular weight is 296 g/mol. The topological polar surface area (TPSA) is 63.6 Å². The highest BCUT2D eigenvalue weighted by Gasteiger charge is 2.03. The van der Waals surface area contributed by atoms with Gasteiger partial charge in [0.15, 0.2) is 0 Å². The van der Waals surface area contributed by atoms with Crippen LogP contribution in [-0.4, -0.2) is 29.4 Å². The van der Waals surface area contributed by atoms with E-state index in [4.69, 9.17) is 9.84 Å². The Hall–Kier alpha value is -1.49. The minimum Gasteiger partial charge on any atom is -0.478 e. The number of carboxylic acids is 1. The van der Waals surface area contributed by atoms with Crippen LogP contribution in [0.5, 0.6) is 0 Å². The van der Waals surface area contributed by atoms with Crippen LogP contribution < -0.4 is 0 Å². The van der Waals surface area contributed by atoms with Crippen molar-refractivity contribution in [3.63, 3.8) is 0 Å². The van der Waals surface area contributed by atoms with Gasteiger partial charge in [0.25, 0.3) is 0 Å². The largest absolute Gasteiger partial charge is 0.478 e. The van der Waals surface area contributed by atoms with E-state index in [1.165, 1.54) is 0 Å². The molecule has 0 unspecified atom stereocenters. The molecular weight excluding hydrogens is 276 g/mol. The van der Waals surface area contributed by atoms with Crippen molar-refractivity contribution in [2.75, 3.05) is 12.4 Å². The highest BCUT2D eigenvalue weighted by molar-refractivity contribution is 7.99. The lowest BCUT2D eigenvalue weighted by Crippen LogP contribution is -2.03. The van der Waals surface area contributed by atoms with Crippen LogP contribution >= 0.6 is 11.8 Å². The van der Waals surface area contributed by atoms with Gasteiger partial charge in [-0.3, -0.25) is 4.79 Å². The number of hydrogen-bond donors (Lipinski definition) is 1. The van der Waals surface area contributed by atoms with Crippen LogP contribution in [0.3, 0.4) is 0 Å². The molecule has 0 heterocycles. The van der Waals surface area contributed by atoms with Gasteiger partial charge in [-0.15, -0.1) is 11.8 Å². The number of hydrogen-bond acceptors (Lipinski definition) is 4. The Balaban J connectivity index is 2.12. The highest BCUT2D eigenvalue weighted by atomic mass is 32.2. The lowest BCUT2D eigenvalue weighted by Gasteiger charge is -2.03. The van der Waals surface area contributed by atoms with Gasteiger partial charge in [-0.2, -0.15) is 0 Å². The molecular formula is C15H20O4S. The van der Waals surface area contributed by atoms with Gasteiger partial charge in [-0.1, -0.05) is 6.42 Å². The van der Waals surface area contributed by atoms with Gasteiger partial charge in [0.1, 0.15) is 0 Å². The summed E-state index contributed by atoms with van der Waals surface area (Å²) in [4.78, 5) is 22.9. The fraction of sp³-hybridized carbons (Fsp3) is 0.467. The molecule has 5 heteroatoms. The van der Waals surface area contributed by atoms with Gasteiger partial charge in [-0.05, 0) is 49.8 Å². The molecule has 0 spiro atoms. The number of rotatable bonds is 9. The van der Waals surface area contributed by atoms with Crippen molar-refractivity contribution in [2.45, 2.75) is 37.5 Å². The first kappa shape index (κ1) is 16.6. The summed E-state index contributed by atoms with van der Waals surface area (Å²) in [6.45, 7) is 2.26. The Labute approximate surface area is 123 Å². The number of unbranched alkanes of at least 4 members (excludes halogenated alkanes) is 2. The fourth-order valence-corrected chi connectivity index (χ4v) is 2.58. The second-order valence-electron chi connectivity index (χ2n) is 4.29. The van der Waals surface area contributed by atoms with Crippen molar-refractivity contribution in [3.8, 4) is 0 Å². The summed E-state index contributed by atoms with van der Waals surface area (Å²) in [5.41, 5.74) is 0.309. The summed E-state index contributed by atoms with van der Waals surface area (Å²) in [7, 11) is 0. The van der Waals surface area contributed by atoms with Crippen molar-refractivity contribution in [3.05, 3.63) is 29.8 Å². The van der Waals surface area contributed by atoms with Crippen molar-refractivity contribution >= 4 is 23.7 Å². The fourth-order valence-electron chi connectivity index (χ4n) is 1.67. The molecule has 0 aromatic heterocycles. The second kappa shape index (κ2) is 9.42. The zero-order valence-corrected chi connectivity index (χ0v) is 12.4. The summed E-state index contributed by atoms with van der Waals surface area (Å²) >= 11 is 1.70. The Morgan fingerprint density at radius 3 is 2.45 bits per heavy atom. The molecule has 1 aromatic carbocycles. The van der Waals surface area contributed by atoms with E-state index < -0.39 is 5.97 Å². The monoisotopic (exact) mass is 296 g/mol. The van der Waals surface area contributed by atoms with Gasteiger partial charge >= 0.3 is 11.9 Å². The van der Waals surface area contributed by atoms with Gasteiger partial charge < -0.3 is 9.84 Å². The molecule has 1 N–H and O–H groups in total. The number of thioether (sulfide) groups is 1. The van der Waals surface area contributed by atoms with E-state index in [-0.39, 0.29) is 5.97 Å². The van der Waals surface area contributed by atoms with Crippen LogP contribution in [0, 0.1) is 0 Å². The number of aromatic carboxylic acids is 1. The van der Waals surface area contributed by atoms with Crippen molar-refractivity contribution in [2.24, 2.45) is 0 Å². The molecule has 4 nitrogen and oxygen atoms in total. The van der Waals surface area contributed by atoms with Crippen LogP contribution in [0.4, 0.5) is 0 Å². The third kappa shape index (κ3) is 6.61. The number of carboxylic acid groups (broad SMARTS) is 1. The molecule has 0 aliphatic carbocycles. The van der Waals surface area contributed by atoms with Gasteiger partial charge in [0, 0.05) is 11.3 Å². The predicted molar refractivity (Wildman–Crippen MR) is 79.2 cm³/mol. The summed E-state index contributed by atoms with van der Waals surface area (Å²) in [6.07, 6.45) is 3.38. The summed E-state index contributed by atoms with van der Waals surface area (Å²) < 4.78 is 4.86. The molecule has 0 amide bonds. The Bertz CT molecular complexity index is 428. The maximum Gasteiger partial charge on any atom is 0.335 e. The quantitative estimate of drug-likeness (QED) is 0.428. The van der Waals surface area contributed by atoms with Crippen LogP contribution in [0.1, 0.15) is 43.0 Å². The molecule has 0 saturated heterocycles. The molecule has 110 valence electrons. The SMILES string of the molecule is CCOC(=O)CCCCCSc1ccc(C(=O)O)cc1. The molecule has 0 bridgehead atoms. The first-order valence-corrected chi connectivity index (χ1v) is 7.74. The van der Waals surface area contributed by atoms with Crippen LogP contribution in [0.2, 0.25) is 0 Å². The number of carbonyl (C=O) groups excluding carboxylic acids is 1. The molecule has 0 atom stereocenters. The molecule has 0 fully saturated rings. The third-order valence-corrected chi connectivity index (χ3v) is 3.80. The van der Waals surface area contributed by atoms with E-state index in [1.807, 2.05) is 19.1 Å². The smallest absolute Gasteiger partial charge is 0.335 e. The van der Waals surface area contributed by atoms with E-state index in [9.17, 15) is 9.59 Å². The molecule has 0 radical (unpaired) electrons. The molecule has 1 rings (SSSR count). The van der Waals surface area contributed by atoms with Crippen molar-refractivity contribution in [1.29, 1.82) is 0 Å². The Morgan fingerprint density at radius 2 is 1.85 bits per heavy atom. The number of esters is 1. The average Bonchev–Trinajstić information content (AvgIpc) is 2.43. The van der Waals surface area contributed by atoms with Crippen molar-refractivity contribution < 1.29 is 19.4 Å². The van der Waals surface area contributed by atoms with E-state index in [2.05, 4.69) is 0 Å². The van der Waals surface area contributed by atoms with E-state index in [0.717, 1.165) is 29.9 Å². The maximum absolute atomic E-state index is 11.1. The number of benzene rings is 1. The Morgan fingerprint density at radius 1 is 1.15 bits per heavy atom. The second-order valence-corrected chi connectivity index (χ2v) is 5.46. The summed E-state index contributed by atoms with van der Waals surface area (Å²) in [5.74, 6) is -0.0557. The van der Waals surface area contributed by atoms with Gasteiger partial charge in [0.05, 0.1) is 12.2 Å². The van der Waals surface area contributed by atoms with E-state index >= 15 is 0 Å². The summed E-state index contributed by atoms with van der Waals surface area (Å²) in [6, 6.07) is 6.89. The number of ether oxygens (including phenoxy) is 1. The minimum absolute atomic E-state index is 0.121. The molecule has 1 aromatic rings. The predicted octanol–water partition coefficient (Wildman–Crippen LogP) is 3.60. The van der Waals surface area contributed by atoms with E-state index in [0.29, 0.717) is 18.6 Å². The first-order valence-electron chi connectivity index (χ1n) is 6.75. The van der Waals surface area contributed by atoms with Gasteiger partial charge in [-0.25, -0.2) is 4.79 Å². The minimum atomic E-state index is -0.902. The molecule has 0 saturated carbocycles. The van der Waals surface area contributed by atoms with E-state index in [1.54, 1.807) is 23.9 Å². The number of carbonyl (C=O) groups is 2. The molecule has 0 aliphatic rings. The van der Waals surface area contributed by atoms with Gasteiger partial charge in [0.2, 0.25) is 0 Å². The molecule has 20 heavy (non-hydrogen) atoms. The maximum atomic E-state index is 11.1. The first-order chi connectivity index (χ1) is 9.63. The molecule has 0 aliphatic heterocycles. The zero-order valence-electron chi connectivity index (χ0n) is 11.6. The zero-order chi connectivity index (χ0) is 14.8. The lowest BCUT2D eigenvalue weighted by molar-refractivity contribution is -0.143. The lowest BCUT2D eigenvalue weighted by atomic mass is 10.2. The Kier molecular flexibility index (Phi) is 7.80. The van der Waals surface area contributed by atoms with Crippen LogP contribution in [0.15, 0.2) is 29.2 Å². The van der Waals surface area contributed by atoms with Crippen molar-refractivity contribution in [1.82, 2.24) is 0 Å². The van der Waals surface area contributed by atoms with Crippen LogP contribution in [0.25, 0.3) is 0 Å². The summed E-state index contributed by atoms with van der Waals surface area (Å²) in [5, 5.41) is 8.79. The standard InChI is InChI=1S/C15H20O4S/c1-2-19-14(16)6-4-3-5-11-20-13-9-7-12(8-10-13)15(17)18/h7-10H,2-6,11H2,1H3,(H,17,18). The highest BCUT2D eigenvalue weighted by Crippen LogP contribution is 2.20. The normalized spacial score (nSPS) is 10.2. The van der Waals surface area contributed by atoms with Crippen LogP contribution in [-0.2, 0) is 9.53 Å².